The lowest BCUT2D eigenvalue weighted by Crippen LogP contribution is -2.03. The number of benzene rings is 1. The van der Waals surface area contributed by atoms with Crippen LogP contribution in [0.15, 0.2) is 24.3 Å². The average molecular weight is 229 g/mol. The molecule has 88 valence electrons. The Bertz CT molecular complexity index is 576. The van der Waals surface area contributed by atoms with E-state index in [4.69, 9.17) is 5.11 Å². The van der Waals surface area contributed by atoms with Crippen LogP contribution in [0.1, 0.15) is 23.7 Å². The van der Waals surface area contributed by atoms with Gasteiger partial charge in [0.25, 0.3) is 0 Å². The Morgan fingerprint density at radius 3 is 2.82 bits per heavy atom. The summed E-state index contributed by atoms with van der Waals surface area (Å²) in [6, 6.07) is 7.95. The van der Waals surface area contributed by atoms with E-state index in [-0.39, 0.29) is 6.42 Å². The Morgan fingerprint density at radius 2 is 2.18 bits per heavy atom. The first kappa shape index (κ1) is 11.6. The van der Waals surface area contributed by atoms with Crippen molar-refractivity contribution in [3.05, 3.63) is 41.1 Å². The summed E-state index contributed by atoms with van der Waals surface area (Å²) in [5.74, 6) is -0.842. The molecule has 0 atom stereocenters. The molecule has 2 rings (SSSR count). The standard InChI is InChI=1S/C14H15NO2/c1-3-10-5-4-6-12-9(2)7-11(8-13(16)17)15-14(10)12/h4-7H,3,8H2,1-2H3,(H,16,17). The first-order valence-corrected chi connectivity index (χ1v) is 5.71. The monoisotopic (exact) mass is 229 g/mol. The number of nitrogens with zero attached hydrogens (tertiary/aromatic N) is 1. The first-order chi connectivity index (χ1) is 8.11. The number of fused-ring (bicyclic) bond motifs is 1. The molecule has 1 aromatic carbocycles. The maximum absolute atomic E-state index is 10.7. The van der Waals surface area contributed by atoms with Crippen LogP contribution in [0.3, 0.4) is 0 Å². The summed E-state index contributed by atoms with van der Waals surface area (Å²) in [5.41, 5.74) is 3.81. The van der Waals surface area contributed by atoms with Crippen LogP contribution in [0.4, 0.5) is 0 Å². The third-order valence-corrected chi connectivity index (χ3v) is 2.90. The normalized spacial score (nSPS) is 10.7. The number of carboxylic acid groups (broad SMARTS) is 1. The van der Waals surface area contributed by atoms with Gasteiger partial charge in [0.1, 0.15) is 0 Å². The third-order valence-electron chi connectivity index (χ3n) is 2.90. The lowest BCUT2D eigenvalue weighted by atomic mass is 10.0. The molecule has 17 heavy (non-hydrogen) atoms. The number of hydrogen-bond acceptors (Lipinski definition) is 2. The van der Waals surface area contributed by atoms with Gasteiger partial charge in [-0.2, -0.15) is 0 Å². The van der Waals surface area contributed by atoms with Crippen molar-refractivity contribution >= 4 is 16.9 Å². The van der Waals surface area contributed by atoms with Gasteiger partial charge in [-0.3, -0.25) is 9.78 Å². The fraction of sp³-hybridized carbons (Fsp3) is 0.286. The lowest BCUT2D eigenvalue weighted by molar-refractivity contribution is -0.136. The average Bonchev–Trinajstić information content (AvgIpc) is 2.27. The van der Waals surface area contributed by atoms with Crippen molar-refractivity contribution in [1.29, 1.82) is 0 Å². The zero-order valence-corrected chi connectivity index (χ0v) is 10.0. The highest BCUT2D eigenvalue weighted by Crippen LogP contribution is 2.21. The van der Waals surface area contributed by atoms with Gasteiger partial charge in [-0.15, -0.1) is 0 Å². The van der Waals surface area contributed by atoms with Crippen LogP contribution in [0.5, 0.6) is 0 Å². The molecule has 0 amide bonds. The van der Waals surface area contributed by atoms with Crippen LogP contribution in [-0.4, -0.2) is 16.1 Å². The number of aliphatic carboxylic acids is 1. The minimum Gasteiger partial charge on any atom is -0.481 e. The largest absolute Gasteiger partial charge is 0.481 e. The predicted molar refractivity (Wildman–Crippen MR) is 67.2 cm³/mol. The summed E-state index contributed by atoms with van der Waals surface area (Å²) >= 11 is 0. The molecule has 3 heteroatoms. The molecule has 1 aromatic heterocycles. The summed E-state index contributed by atoms with van der Waals surface area (Å²) in [4.78, 5) is 15.2. The number of hydrogen-bond donors (Lipinski definition) is 1. The molecular weight excluding hydrogens is 214 g/mol. The highest BCUT2D eigenvalue weighted by Gasteiger charge is 2.08. The second-order valence-corrected chi connectivity index (χ2v) is 4.17. The number of para-hydroxylation sites is 1. The van der Waals surface area contributed by atoms with E-state index < -0.39 is 5.97 Å². The van der Waals surface area contributed by atoms with E-state index in [1.165, 1.54) is 0 Å². The van der Waals surface area contributed by atoms with Crippen LogP contribution in [0, 0.1) is 6.92 Å². The van der Waals surface area contributed by atoms with Gasteiger partial charge in [-0.1, -0.05) is 25.1 Å². The maximum atomic E-state index is 10.7. The van der Waals surface area contributed by atoms with Crippen LogP contribution < -0.4 is 0 Å². The molecule has 0 saturated carbocycles. The number of aromatic nitrogens is 1. The highest BCUT2D eigenvalue weighted by molar-refractivity contribution is 5.85. The van der Waals surface area contributed by atoms with Gasteiger partial charge in [0.15, 0.2) is 0 Å². The second kappa shape index (κ2) is 4.53. The van der Waals surface area contributed by atoms with Crippen LogP contribution in [0.2, 0.25) is 0 Å². The topological polar surface area (TPSA) is 50.2 Å². The minimum atomic E-state index is -0.842. The number of rotatable bonds is 3. The molecule has 1 N–H and O–H groups in total. The van der Waals surface area contributed by atoms with Gasteiger partial charge in [-0.25, -0.2) is 0 Å². The first-order valence-electron chi connectivity index (χ1n) is 5.71. The molecule has 0 radical (unpaired) electrons. The molecule has 0 aliphatic carbocycles. The quantitative estimate of drug-likeness (QED) is 0.880. The summed E-state index contributed by atoms with van der Waals surface area (Å²) in [6.45, 7) is 4.07. The Hall–Kier alpha value is -1.90. The van der Waals surface area contributed by atoms with Crippen molar-refractivity contribution in [1.82, 2.24) is 4.98 Å². The Morgan fingerprint density at radius 1 is 1.41 bits per heavy atom. The van der Waals surface area contributed by atoms with Crippen LogP contribution in [-0.2, 0) is 17.6 Å². The Balaban J connectivity index is 2.65. The predicted octanol–water partition coefficient (Wildman–Crippen LogP) is 2.73. The zero-order valence-electron chi connectivity index (χ0n) is 10.0. The molecular formula is C14H15NO2. The Kier molecular flexibility index (Phi) is 3.09. The summed E-state index contributed by atoms with van der Waals surface area (Å²) < 4.78 is 0. The van der Waals surface area contributed by atoms with E-state index in [0.717, 1.165) is 28.5 Å². The van der Waals surface area contributed by atoms with E-state index in [1.807, 2.05) is 31.2 Å². The third kappa shape index (κ3) is 2.28. The molecule has 0 saturated heterocycles. The van der Waals surface area contributed by atoms with Crippen molar-refractivity contribution in [2.75, 3.05) is 0 Å². The fourth-order valence-electron chi connectivity index (χ4n) is 2.08. The number of carbonyl (C=O) groups is 1. The number of carboxylic acids is 1. The van der Waals surface area contributed by atoms with Gasteiger partial charge in [0, 0.05) is 5.39 Å². The summed E-state index contributed by atoms with van der Waals surface area (Å²) in [7, 11) is 0. The van der Waals surface area contributed by atoms with Crippen molar-refractivity contribution in [2.24, 2.45) is 0 Å². The van der Waals surface area contributed by atoms with E-state index in [0.29, 0.717) is 5.69 Å². The van der Waals surface area contributed by atoms with E-state index in [1.54, 1.807) is 0 Å². The smallest absolute Gasteiger partial charge is 0.309 e. The SMILES string of the molecule is CCc1cccc2c(C)cc(CC(=O)O)nc12. The molecule has 1 heterocycles. The zero-order chi connectivity index (χ0) is 12.4. The van der Waals surface area contributed by atoms with Gasteiger partial charge in [0.2, 0.25) is 0 Å². The molecule has 0 unspecified atom stereocenters. The fourth-order valence-corrected chi connectivity index (χ4v) is 2.08. The van der Waals surface area contributed by atoms with Gasteiger partial charge in [-0.05, 0) is 30.5 Å². The Labute approximate surface area is 100 Å². The van der Waals surface area contributed by atoms with Gasteiger partial charge in [0.05, 0.1) is 17.6 Å². The maximum Gasteiger partial charge on any atom is 0.309 e. The molecule has 0 bridgehead atoms. The number of pyridine rings is 1. The molecule has 0 fully saturated rings. The van der Waals surface area contributed by atoms with Gasteiger partial charge >= 0.3 is 5.97 Å². The van der Waals surface area contributed by atoms with Crippen LogP contribution >= 0.6 is 0 Å². The second-order valence-electron chi connectivity index (χ2n) is 4.17. The molecule has 0 aliphatic rings. The molecule has 0 spiro atoms. The molecule has 2 aromatic rings. The highest BCUT2D eigenvalue weighted by atomic mass is 16.4. The van der Waals surface area contributed by atoms with Crippen LogP contribution in [0.25, 0.3) is 10.9 Å². The van der Waals surface area contributed by atoms with Crippen molar-refractivity contribution in [3.8, 4) is 0 Å². The summed E-state index contributed by atoms with van der Waals surface area (Å²) in [6.07, 6.45) is 0.884. The van der Waals surface area contributed by atoms with E-state index in [2.05, 4.69) is 11.9 Å². The van der Waals surface area contributed by atoms with E-state index >= 15 is 0 Å². The van der Waals surface area contributed by atoms with Crippen molar-refractivity contribution in [2.45, 2.75) is 26.7 Å². The minimum absolute atomic E-state index is 0.0190. The molecule has 0 aliphatic heterocycles. The van der Waals surface area contributed by atoms with Gasteiger partial charge < -0.3 is 5.11 Å². The van der Waals surface area contributed by atoms with Crippen molar-refractivity contribution < 1.29 is 9.90 Å². The summed E-state index contributed by atoms with van der Waals surface area (Å²) in [5, 5.41) is 9.93. The lowest BCUT2D eigenvalue weighted by Gasteiger charge is -2.08. The van der Waals surface area contributed by atoms with E-state index in [9.17, 15) is 4.79 Å². The molecule has 3 nitrogen and oxygen atoms in total. The van der Waals surface area contributed by atoms with Crippen molar-refractivity contribution in [3.63, 3.8) is 0 Å². The number of aryl methyl sites for hydroxylation is 2.